The fourth-order valence-corrected chi connectivity index (χ4v) is 5.10. The van der Waals surface area contributed by atoms with Crippen molar-refractivity contribution in [1.82, 2.24) is 10.2 Å². The molecule has 0 aromatic heterocycles. The number of para-hydroxylation sites is 1. The standard InChI is InChI=1S/C21H22N2O4/c24-17(22-9-12-7-13-3-1-2-4-16(13)27-11-12)10-23-20(25)18-14-5-6-15(8-14)19(18)21(23)26/h1-6,12,14-15,18-19H,7-11H2,(H,22,24)/t12-,14+,15+,18-,19-/m1/s1. The third kappa shape index (κ3) is 2.66. The first kappa shape index (κ1) is 16.5. The molecule has 1 N–H and O–H groups in total. The van der Waals surface area contributed by atoms with Gasteiger partial charge in [-0.3, -0.25) is 19.3 Å². The summed E-state index contributed by atoms with van der Waals surface area (Å²) in [6.07, 6.45) is 5.86. The van der Waals surface area contributed by atoms with Crippen LogP contribution < -0.4 is 10.1 Å². The van der Waals surface area contributed by atoms with Crippen LogP contribution in [0.4, 0.5) is 0 Å². The molecule has 0 spiro atoms. The second kappa shape index (κ2) is 6.22. The first-order valence-electron chi connectivity index (χ1n) is 9.63. The van der Waals surface area contributed by atoms with Crippen LogP contribution in [0, 0.1) is 29.6 Å². The van der Waals surface area contributed by atoms with Crippen LogP contribution >= 0.6 is 0 Å². The fraction of sp³-hybridized carbons (Fsp3) is 0.476. The van der Waals surface area contributed by atoms with Crippen molar-refractivity contribution in [2.75, 3.05) is 19.7 Å². The number of carbonyl (C=O) groups excluding carboxylic acids is 3. The zero-order valence-electron chi connectivity index (χ0n) is 15.0. The Bertz CT molecular complexity index is 818. The number of fused-ring (bicyclic) bond motifs is 6. The van der Waals surface area contributed by atoms with E-state index < -0.39 is 0 Å². The highest BCUT2D eigenvalue weighted by Crippen LogP contribution is 2.52. The SMILES string of the molecule is O=C(CN1C(=O)[C@H]2[C@H](C1=O)[C@H]1C=C[C@H]2C1)NC[C@@H]1COc2ccccc2C1. The normalized spacial score (nSPS) is 33.0. The van der Waals surface area contributed by atoms with Crippen LogP contribution in [0.3, 0.4) is 0 Å². The Morgan fingerprint density at radius 2 is 1.81 bits per heavy atom. The van der Waals surface area contributed by atoms with Crippen LogP contribution in [0.15, 0.2) is 36.4 Å². The molecule has 0 radical (unpaired) electrons. The molecule has 6 heteroatoms. The van der Waals surface area contributed by atoms with Crippen molar-refractivity contribution < 1.29 is 19.1 Å². The van der Waals surface area contributed by atoms with E-state index in [0.717, 1.165) is 24.2 Å². The van der Waals surface area contributed by atoms with Gasteiger partial charge in [0.05, 0.1) is 18.4 Å². The summed E-state index contributed by atoms with van der Waals surface area (Å²) >= 11 is 0. The second-order valence-corrected chi connectivity index (χ2v) is 8.06. The van der Waals surface area contributed by atoms with Gasteiger partial charge in [0.2, 0.25) is 17.7 Å². The van der Waals surface area contributed by atoms with Gasteiger partial charge in [0.15, 0.2) is 0 Å². The summed E-state index contributed by atoms with van der Waals surface area (Å²) in [7, 11) is 0. The highest BCUT2D eigenvalue weighted by atomic mass is 16.5. The van der Waals surface area contributed by atoms with Crippen LogP contribution in [-0.4, -0.2) is 42.3 Å². The summed E-state index contributed by atoms with van der Waals surface area (Å²) in [5.41, 5.74) is 1.14. The Morgan fingerprint density at radius 3 is 2.56 bits per heavy atom. The number of ether oxygens (including phenoxy) is 1. The van der Waals surface area contributed by atoms with Crippen LogP contribution in [0.5, 0.6) is 5.75 Å². The summed E-state index contributed by atoms with van der Waals surface area (Å²) in [4.78, 5) is 38.8. The molecule has 140 valence electrons. The van der Waals surface area contributed by atoms with Gasteiger partial charge >= 0.3 is 0 Å². The van der Waals surface area contributed by atoms with E-state index in [4.69, 9.17) is 4.74 Å². The number of hydrogen-bond donors (Lipinski definition) is 1. The molecule has 0 unspecified atom stereocenters. The van der Waals surface area contributed by atoms with Crippen molar-refractivity contribution in [3.8, 4) is 5.75 Å². The first-order chi connectivity index (χ1) is 13.1. The Kier molecular flexibility index (Phi) is 3.81. The molecule has 3 amide bonds. The lowest BCUT2D eigenvalue weighted by molar-refractivity contribution is -0.144. The quantitative estimate of drug-likeness (QED) is 0.641. The molecule has 2 fully saturated rings. The summed E-state index contributed by atoms with van der Waals surface area (Å²) in [6, 6.07) is 7.91. The molecule has 1 saturated heterocycles. The summed E-state index contributed by atoms with van der Waals surface area (Å²) in [5, 5.41) is 2.87. The zero-order chi connectivity index (χ0) is 18.5. The molecule has 5 rings (SSSR count). The smallest absolute Gasteiger partial charge is 0.240 e. The highest BCUT2D eigenvalue weighted by molar-refractivity contribution is 6.08. The van der Waals surface area contributed by atoms with Crippen LogP contribution in [-0.2, 0) is 20.8 Å². The minimum atomic E-state index is -0.282. The van der Waals surface area contributed by atoms with E-state index in [2.05, 4.69) is 17.5 Å². The summed E-state index contributed by atoms with van der Waals surface area (Å²) in [6.45, 7) is 0.857. The van der Waals surface area contributed by atoms with Crippen LogP contribution in [0.25, 0.3) is 0 Å². The lowest BCUT2D eigenvalue weighted by Gasteiger charge is -2.25. The molecule has 1 saturated carbocycles. The maximum absolute atomic E-state index is 12.6. The number of imide groups is 1. The molecule has 1 aromatic carbocycles. The Morgan fingerprint density at radius 1 is 1.11 bits per heavy atom. The Labute approximate surface area is 157 Å². The lowest BCUT2D eigenvalue weighted by Crippen LogP contribution is -2.44. The molecule has 2 aliphatic heterocycles. The maximum atomic E-state index is 12.6. The van der Waals surface area contributed by atoms with Crippen LogP contribution in [0.2, 0.25) is 0 Å². The molecular weight excluding hydrogens is 344 g/mol. The van der Waals surface area contributed by atoms with Gasteiger partial charge in [0.1, 0.15) is 12.3 Å². The number of nitrogens with zero attached hydrogens (tertiary/aromatic N) is 1. The molecule has 1 aromatic rings. The van der Waals surface area contributed by atoms with Crippen molar-refractivity contribution in [2.45, 2.75) is 12.8 Å². The Balaban J connectivity index is 1.17. The maximum Gasteiger partial charge on any atom is 0.240 e. The molecule has 5 atom stereocenters. The van der Waals surface area contributed by atoms with Gasteiger partial charge in [-0.2, -0.15) is 0 Å². The molecule has 2 aliphatic carbocycles. The number of benzene rings is 1. The summed E-state index contributed by atoms with van der Waals surface area (Å²) < 4.78 is 5.74. The molecular formula is C21H22N2O4. The predicted octanol–water partition coefficient (Wildman–Crippen LogP) is 1.16. The monoisotopic (exact) mass is 366 g/mol. The number of allylic oxidation sites excluding steroid dienone is 2. The van der Waals surface area contributed by atoms with Gasteiger partial charge in [0.25, 0.3) is 0 Å². The number of rotatable bonds is 4. The second-order valence-electron chi connectivity index (χ2n) is 8.06. The van der Waals surface area contributed by atoms with Gasteiger partial charge < -0.3 is 10.1 Å². The van der Waals surface area contributed by atoms with Crippen molar-refractivity contribution in [2.24, 2.45) is 29.6 Å². The molecule has 27 heavy (non-hydrogen) atoms. The first-order valence-corrected chi connectivity index (χ1v) is 9.63. The highest BCUT2D eigenvalue weighted by Gasteiger charge is 2.59. The Hall–Kier alpha value is -2.63. The zero-order valence-corrected chi connectivity index (χ0v) is 15.0. The molecule has 2 bridgehead atoms. The number of carbonyl (C=O) groups is 3. The molecule has 6 nitrogen and oxygen atoms in total. The molecule has 2 heterocycles. The van der Waals surface area contributed by atoms with Crippen molar-refractivity contribution in [1.29, 1.82) is 0 Å². The van der Waals surface area contributed by atoms with Gasteiger partial charge in [-0.1, -0.05) is 30.4 Å². The van der Waals surface area contributed by atoms with E-state index in [1.54, 1.807) is 0 Å². The van der Waals surface area contributed by atoms with E-state index in [-0.39, 0.29) is 53.9 Å². The van der Waals surface area contributed by atoms with Crippen molar-refractivity contribution in [3.05, 3.63) is 42.0 Å². The predicted molar refractivity (Wildman–Crippen MR) is 96.6 cm³/mol. The third-order valence-corrected chi connectivity index (χ3v) is 6.41. The van der Waals surface area contributed by atoms with Gasteiger partial charge in [-0.05, 0) is 36.3 Å². The molecule has 4 aliphatic rings. The van der Waals surface area contributed by atoms with Crippen molar-refractivity contribution in [3.63, 3.8) is 0 Å². The number of nitrogens with one attached hydrogen (secondary N) is 1. The van der Waals surface area contributed by atoms with E-state index in [1.165, 1.54) is 4.90 Å². The van der Waals surface area contributed by atoms with Gasteiger partial charge in [-0.25, -0.2) is 0 Å². The number of hydrogen-bond acceptors (Lipinski definition) is 4. The minimum absolute atomic E-state index is 0.170. The average Bonchev–Trinajstić information content (AvgIpc) is 3.36. The van der Waals surface area contributed by atoms with E-state index in [0.29, 0.717) is 13.2 Å². The number of likely N-dealkylation sites (tertiary alicyclic amines) is 1. The van der Waals surface area contributed by atoms with E-state index in [1.807, 2.05) is 24.3 Å². The van der Waals surface area contributed by atoms with E-state index >= 15 is 0 Å². The van der Waals surface area contributed by atoms with Gasteiger partial charge in [0, 0.05) is 12.5 Å². The average molecular weight is 366 g/mol. The van der Waals surface area contributed by atoms with Crippen LogP contribution in [0.1, 0.15) is 12.0 Å². The largest absolute Gasteiger partial charge is 0.493 e. The summed E-state index contributed by atoms with van der Waals surface area (Å²) in [5.74, 6) is 0.311. The lowest BCUT2D eigenvalue weighted by atomic mass is 9.85. The van der Waals surface area contributed by atoms with Crippen molar-refractivity contribution >= 4 is 17.7 Å². The number of amides is 3. The van der Waals surface area contributed by atoms with Gasteiger partial charge in [-0.15, -0.1) is 0 Å². The van der Waals surface area contributed by atoms with E-state index in [9.17, 15) is 14.4 Å². The minimum Gasteiger partial charge on any atom is -0.493 e. The topological polar surface area (TPSA) is 75.7 Å². The third-order valence-electron chi connectivity index (χ3n) is 6.41. The fourth-order valence-electron chi connectivity index (χ4n) is 5.10.